The van der Waals surface area contributed by atoms with E-state index in [9.17, 15) is 15.0 Å². The fourth-order valence-corrected chi connectivity index (χ4v) is 3.74. The summed E-state index contributed by atoms with van der Waals surface area (Å²) in [6.45, 7) is 11.3. The molecule has 0 radical (unpaired) electrons. The van der Waals surface area contributed by atoms with Crippen LogP contribution in [0.3, 0.4) is 0 Å². The monoisotopic (exact) mass is 364 g/mol. The predicted molar refractivity (Wildman–Crippen MR) is 110 cm³/mol. The first-order valence-electron chi connectivity index (χ1n) is 9.34. The van der Waals surface area contributed by atoms with Gasteiger partial charge in [-0.2, -0.15) is 0 Å². The number of ketones is 1. The van der Waals surface area contributed by atoms with E-state index in [1.54, 1.807) is 24.3 Å². The van der Waals surface area contributed by atoms with Crippen molar-refractivity contribution < 1.29 is 15.0 Å². The van der Waals surface area contributed by atoms with Crippen LogP contribution in [0.25, 0.3) is 0 Å². The summed E-state index contributed by atoms with van der Waals surface area (Å²) in [6, 6.07) is 10.7. The molecule has 2 N–H and O–H groups in total. The number of phenolic OH excluding ortho intramolecular Hbond substituents is 2. The maximum atomic E-state index is 13.2. The minimum atomic E-state index is -0.831. The molecule has 0 bridgehead atoms. The number of hydrogen-bond acceptors (Lipinski definition) is 3. The molecule has 3 heteroatoms. The molecule has 0 aliphatic heterocycles. The van der Waals surface area contributed by atoms with E-state index in [2.05, 4.69) is 13.2 Å². The summed E-state index contributed by atoms with van der Waals surface area (Å²) in [5.74, 6) is 0.506. The maximum absolute atomic E-state index is 13.2. The molecule has 3 nitrogen and oxygen atoms in total. The summed E-state index contributed by atoms with van der Waals surface area (Å²) >= 11 is 0. The Morgan fingerprint density at radius 3 is 1.70 bits per heavy atom. The lowest BCUT2D eigenvalue weighted by atomic mass is 9.68. The van der Waals surface area contributed by atoms with Crippen LogP contribution in [-0.4, -0.2) is 16.0 Å². The van der Waals surface area contributed by atoms with Crippen LogP contribution >= 0.6 is 0 Å². The Bertz CT molecular complexity index is 789. The maximum Gasteiger partial charge on any atom is 0.147 e. The summed E-state index contributed by atoms with van der Waals surface area (Å²) in [5, 5.41) is 20.3. The molecule has 0 spiro atoms. The number of hydrogen-bond donors (Lipinski definition) is 2. The summed E-state index contributed by atoms with van der Waals surface area (Å²) < 4.78 is 0. The standard InChI is InChI=1S/C24H28O3/c1-5-9-17-15-19(11-13-21(17)25)24(8-4,23(27)7-3)20-12-14-22(26)18(16-20)10-6-2/h5-6,11-16,25-26H,1-2,7-10H2,3-4H3. The van der Waals surface area contributed by atoms with Crippen LogP contribution in [0.4, 0.5) is 0 Å². The first-order chi connectivity index (χ1) is 12.9. The molecule has 2 aromatic carbocycles. The van der Waals surface area contributed by atoms with E-state index in [1.165, 1.54) is 0 Å². The van der Waals surface area contributed by atoms with Crippen LogP contribution in [0.15, 0.2) is 61.7 Å². The van der Waals surface area contributed by atoms with E-state index in [1.807, 2.05) is 38.1 Å². The Morgan fingerprint density at radius 1 is 0.926 bits per heavy atom. The SMILES string of the molecule is C=CCc1cc(C(CC)(C(=O)CC)c2ccc(O)c(CC=C)c2)ccc1O. The third kappa shape index (κ3) is 3.82. The molecular weight excluding hydrogens is 336 g/mol. The van der Waals surface area contributed by atoms with Crippen LogP contribution in [0.5, 0.6) is 11.5 Å². The first kappa shape index (κ1) is 20.5. The fourth-order valence-electron chi connectivity index (χ4n) is 3.74. The van der Waals surface area contributed by atoms with E-state index in [4.69, 9.17) is 0 Å². The highest BCUT2D eigenvalue weighted by molar-refractivity contribution is 5.94. The van der Waals surface area contributed by atoms with Gasteiger partial charge in [0.05, 0.1) is 5.41 Å². The number of phenols is 2. The predicted octanol–water partition coefficient (Wildman–Crippen LogP) is 5.23. The number of allylic oxidation sites excluding steroid dienone is 2. The van der Waals surface area contributed by atoms with Crippen LogP contribution in [0.2, 0.25) is 0 Å². The zero-order valence-corrected chi connectivity index (χ0v) is 16.2. The highest BCUT2D eigenvalue weighted by atomic mass is 16.3. The minimum absolute atomic E-state index is 0.107. The molecule has 0 saturated heterocycles. The van der Waals surface area contributed by atoms with E-state index >= 15 is 0 Å². The molecule has 27 heavy (non-hydrogen) atoms. The average Bonchev–Trinajstić information content (AvgIpc) is 2.67. The Kier molecular flexibility index (Phi) is 6.62. The molecule has 0 aromatic heterocycles. The van der Waals surface area contributed by atoms with E-state index in [0.29, 0.717) is 25.7 Å². The van der Waals surface area contributed by atoms with Crippen molar-refractivity contribution in [1.29, 1.82) is 0 Å². The van der Waals surface area contributed by atoms with Crippen molar-refractivity contribution in [3.63, 3.8) is 0 Å². The van der Waals surface area contributed by atoms with Crippen molar-refractivity contribution in [3.8, 4) is 11.5 Å². The summed E-state index contributed by atoms with van der Waals surface area (Å²) in [7, 11) is 0. The van der Waals surface area contributed by atoms with Crippen LogP contribution in [-0.2, 0) is 23.1 Å². The normalized spacial score (nSPS) is 11.2. The molecule has 0 heterocycles. The lowest BCUT2D eigenvalue weighted by molar-refractivity contribution is -0.123. The number of aromatic hydroxyl groups is 2. The molecule has 0 saturated carbocycles. The quantitative estimate of drug-likeness (QED) is 0.599. The van der Waals surface area contributed by atoms with Gasteiger partial charge in [0.1, 0.15) is 17.3 Å². The number of Topliss-reactive ketones (excluding diaryl/α,β-unsaturated/α-hetero) is 1. The summed E-state index contributed by atoms with van der Waals surface area (Å²) in [5.41, 5.74) is 2.36. The van der Waals surface area contributed by atoms with Crippen LogP contribution < -0.4 is 0 Å². The van der Waals surface area contributed by atoms with Gasteiger partial charge in [0.2, 0.25) is 0 Å². The second-order valence-corrected chi connectivity index (χ2v) is 6.71. The molecule has 2 aromatic rings. The fraction of sp³-hybridized carbons (Fsp3) is 0.292. The van der Waals surface area contributed by atoms with E-state index in [-0.39, 0.29) is 17.3 Å². The molecule has 0 aliphatic carbocycles. The van der Waals surface area contributed by atoms with Crippen molar-refractivity contribution in [1.82, 2.24) is 0 Å². The average molecular weight is 364 g/mol. The molecule has 2 rings (SSSR count). The van der Waals surface area contributed by atoms with Gasteiger partial charge in [0.15, 0.2) is 0 Å². The summed E-state index contributed by atoms with van der Waals surface area (Å²) in [6.07, 6.45) is 5.49. The van der Waals surface area contributed by atoms with Crippen molar-refractivity contribution in [2.45, 2.75) is 44.9 Å². The van der Waals surface area contributed by atoms with Gasteiger partial charge in [-0.3, -0.25) is 4.79 Å². The lowest BCUT2D eigenvalue weighted by Gasteiger charge is -2.33. The Morgan fingerprint density at radius 2 is 1.37 bits per heavy atom. The van der Waals surface area contributed by atoms with Gasteiger partial charge < -0.3 is 10.2 Å². The largest absolute Gasteiger partial charge is 0.508 e. The van der Waals surface area contributed by atoms with Crippen molar-refractivity contribution >= 4 is 5.78 Å². The zero-order valence-electron chi connectivity index (χ0n) is 16.2. The van der Waals surface area contributed by atoms with E-state index < -0.39 is 5.41 Å². The summed E-state index contributed by atoms with van der Waals surface area (Å²) in [4.78, 5) is 13.2. The lowest BCUT2D eigenvalue weighted by Crippen LogP contribution is -2.36. The zero-order chi connectivity index (χ0) is 20.0. The topological polar surface area (TPSA) is 57.5 Å². The molecular formula is C24H28O3. The number of benzene rings is 2. The second-order valence-electron chi connectivity index (χ2n) is 6.71. The van der Waals surface area contributed by atoms with Gasteiger partial charge >= 0.3 is 0 Å². The minimum Gasteiger partial charge on any atom is -0.508 e. The smallest absolute Gasteiger partial charge is 0.147 e. The number of carbonyl (C=O) groups is 1. The van der Waals surface area contributed by atoms with Gasteiger partial charge in [-0.1, -0.05) is 50.3 Å². The number of carbonyl (C=O) groups excluding carboxylic acids is 1. The number of rotatable bonds is 9. The van der Waals surface area contributed by atoms with Gasteiger partial charge in [0.25, 0.3) is 0 Å². The molecule has 0 amide bonds. The van der Waals surface area contributed by atoms with Crippen LogP contribution in [0.1, 0.15) is 48.9 Å². The third-order valence-corrected chi connectivity index (χ3v) is 5.20. The van der Waals surface area contributed by atoms with E-state index in [0.717, 1.165) is 22.3 Å². The third-order valence-electron chi connectivity index (χ3n) is 5.20. The van der Waals surface area contributed by atoms with Crippen molar-refractivity contribution in [2.24, 2.45) is 0 Å². The molecule has 142 valence electrons. The molecule has 0 aliphatic rings. The molecule has 0 fully saturated rings. The van der Waals surface area contributed by atoms with Crippen LogP contribution in [0, 0.1) is 0 Å². The Labute approximate surface area is 161 Å². The molecule has 0 atom stereocenters. The highest BCUT2D eigenvalue weighted by Gasteiger charge is 2.39. The Balaban J connectivity index is 2.76. The van der Waals surface area contributed by atoms with Crippen molar-refractivity contribution in [3.05, 3.63) is 84.0 Å². The van der Waals surface area contributed by atoms with Gasteiger partial charge in [-0.05, 0) is 53.6 Å². The first-order valence-corrected chi connectivity index (χ1v) is 9.34. The second kappa shape index (κ2) is 8.72. The van der Waals surface area contributed by atoms with Crippen molar-refractivity contribution in [2.75, 3.05) is 0 Å². The van der Waals surface area contributed by atoms with Gasteiger partial charge in [-0.25, -0.2) is 0 Å². The Hall–Kier alpha value is -2.81. The molecule has 0 unspecified atom stereocenters. The van der Waals surface area contributed by atoms with Gasteiger partial charge in [0, 0.05) is 6.42 Å². The highest BCUT2D eigenvalue weighted by Crippen LogP contribution is 2.40. The van der Waals surface area contributed by atoms with Gasteiger partial charge in [-0.15, -0.1) is 13.2 Å².